The molecule has 1 aromatic heterocycles. The third-order valence-corrected chi connectivity index (χ3v) is 5.79. The summed E-state index contributed by atoms with van der Waals surface area (Å²) in [5.41, 5.74) is 4.15. The fourth-order valence-electron chi connectivity index (χ4n) is 3.69. The maximum Gasteiger partial charge on any atom is 0.0964 e. The van der Waals surface area contributed by atoms with E-state index in [0.717, 1.165) is 41.9 Å². The number of nitrogens with zero attached hydrogens (tertiary/aromatic N) is 3. The second kappa shape index (κ2) is 7.68. The van der Waals surface area contributed by atoms with E-state index in [-0.39, 0.29) is 18.7 Å². The van der Waals surface area contributed by atoms with E-state index in [4.69, 9.17) is 23.2 Å². The van der Waals surface area contributed by atoms with Crippen LogP contribution < -0.4 is 10.2 Å². The van der Waals surface area contributed by atoms with Gasteiger partial charge in [-0.05, 0) is 42.8 Å². The first-order valence-corrected chi connectivity index (χ1v) is 9.83. The van der Waals surface area contributed by atoms with Crippen LogP contribution in [0.15, 0.2) is 42.7 Å². The molecular formula is C20H22Cl2N4O. The Morgan fingerprint density at radius 1 is 1.26 bits per heavy atom. The average Bonchev–Trinajstić information content (AvgIpc) is 3.11. The zero-order valence-electron chi connectivity index (χ0n) is 15.1. The van der Waals surface area contributed by atoms with Crippen molar-refractivity contribution in [2.45, 2.75) is 19.0 Å². The highest BCUT2D eigenvalue weighted by Gasteiger charge is 2.20. The Labute approximate surface area is 168 Å². The number of aliphatic hydroxyl groups is 1. The molecule has 7 heteroatoms. The fraction of sp³-hybridized carbons (Fsp3) is 0.350. The Kier molecular flexibility index (Phi) is 5.28. The second-order valence-electron chi connectivity index (χ2n) is 6.95. The van der Waals surface area contributed by atoms with Crippen molar-refractivity contribution in [3.05, 3.63) is 58.3 Å². The molecule has 0 aliphatic carbocycles. The second-order valence-corrected chi connectivity index (χ2v) is 7.79. The van der Waals surface area contributed by atoms with Gasteiger partial charge in [-0.15, -0.1) is 0 Å². The molecule has 1 aliphatic rings. The summed E-state index contributed by atoms with van der Waals surface area (Å²) in [6.45, 7) is 4.81. The molecule has 142 valence electrons. The first-order chi connectivity index (χ1) is 13.1. The topological polar surface area (TPSA) is 53.3 Å². The lowest BCUT2D eigenvalue weighted by Crippen LogP contribution is -2.52. The van der Waals surface area contributed by atoms with Crippen molar-refractivity contribution in [1.29, 1.82) is 0 Å². The summed E-state index contributed by atoms with van der Waals surface area (Å²) in [4.78, 5) is 6.85. The minimum Gasteiger partial charge on any atom is -0.395 e. The highest BCUT2D eigenvalue weighted by molar-refractivity contribution is 6.35. The molecule has 1 aliphatic heterocycles. The largest absolute Gasteiger partial charge is 0.395 e. The monoisotopic (exact) mass is 404 g/mol. The molecule has 0 saturated carbocycles. The predicted octanol–water partition coefficient (Wildman–Crippen LogP) is 3.72. The SMILES string of the molecule is C[C@H](c1ccc(Cl)cc1Cl)n1cnc2ccc(N3CCN[C@H](CO)C3)cc21. The Hall–Kier alpha value is -1.79. The van der Waals surface area contributed by atoms with Gasteiger partial charge in [0, 0.05) is 41.4 Å². The molecule has 2 atom stereocenters. The van der Waals surface area contributed by atoms with E-state index in [9.17, 15) is 5.11 Å². The van der Waals surface area contributed by atoms with Crippen molar-refractivity contribution in [1.82, 2.24) is 14.9 Å². The van der Waals surface area contributed by atoms with Crippen LogP contribution in [-0.4, -0.2) is 46.9 Å². The fourth-order valence-corrected chi connectivity index (χ4v) is 4.26. The van der Waals surface area contributed by atoms with Gasteiger partial charge >= 0.3 is 0 Å². The number of piperazine rings is 1. The Morgan fingerprint density at radius 2 is 2.11 bits per heavy atom. The Bertz CT molecular complexity index is 958. The Balaban J connectivity index is 1.70. The van der Waals surface area contributed by atoms with E-state index >= 15 is 0 Å². The molecule has 1 saturated heterocycles. The lowest BCUT2D eigenvalue weighted by Gasteiger charge is -2.34. The zero-order chi connectivity index (χ0) is 19.0. The highest BCUT2D eigenvalue weighted by atomic mass is 35.5. The summed E-state index contributed by atoms with van der Waals surface area (Å²) in [6.07, 6.45) is 1.86. The number of anilines is 1. The van der Waals surface area contributed by atoms with Gasteiger partial charge < -0.3 is 19.9 Å². The summed E-state index contributed by atoms with van der Waals surface area (Å²) in [6, 6.07) is 12.0. The smallest absolute Gasteiger partial charge is 0.0964 e. The molecule has 27 heavy (non-hydrogen) atoms. The van der Waals surface area contributed by atoms with Crippen molar-refractivity contribution in [2.24, 2.45) is 0 Å². The minimum absolute atomic E-state index is 0.0308. The van der Waals surface area contributed by atoms with Crippen LogP contribution >= 0.6 is 23.2 Å². The number of benzene rings is 2. The van der Waals surface area contributed by atoms with Gasteiger partial charge in [0.15, 0.2) is 0 Å². The molecule has 3 aromatic rings. The number of imidazole rings is 1. The van der Waals surface area contributed by atoms with E-state index in [0.29, 0.717) is 10.0 Å². The van der Waals surface area contributed by atoms with Gasteiger partial charge in [-0.1, -0.05) is 29.3 Å². The molecule has 0 bridgehead atoms. The lowest BCUT2D eigenvalue weighted by molar-refractivity contribution is 0.235. The van der Waals surface area contributed by atoms with E-state index in [1.165, 1.54) is 0 Å². The third-order valence-electron chi connectivity index (χ3n) is 5.23. The van der Waals surface area contributed by atoms with Crippen molar-refractivity contribution in [3.63, 3.8) is 0 Å². The summed E-state index contributed by atoms with van der Waals surface area (Å²) >= 11 is 12.5. The minimum atomic E-state index is 0.0308. The maximum atomic E-state index is 9.46. The number of nitrogens with one attached hydrogen (secondary N) is 1. The number of fused-ring (bicyclic) bond motifs is 1. The van der Waals surface area contributed by atoms with Crippen LogP contribution in [0.2, 0.25) is 10.0 Å². The lowest BCUT2D eigenvalue weighted by atomic mass is 10.1. The van der Waals surface area contributed by atoms with Gasteiger partial charge in [0.25, 0.3) is 0 Å². The quantitative estimate of drug-likeness (QED) is 0.695. The number of aromatic nitrogens is 2. The standard InChI is InChI=1S/C20H22Cl2N4O/c1-13(17-4-2-14(21)8-18(17)22)26-12-24-19-5-3-16(9-20(19)26)25-7-6-23-15(10-25)11-27/h2-5,8-9,12-13,15,23,27H,6-7,10-11H2,1H3/t13-,15+/m1/s1. The molecule has 2 aromatic carbocycles. The number of rotatable bonds is 4. The van der Waals surface area contributed by atoms with Crippen LogP contribution in [-0.2, 0) is 0 Å². The summed E-state index contributed by atoms with van der Waals surface area (Å²) in [5, 5.41) is 14.1. The van der Waals surface area contributed by atoms with Gasteiger partial charge in [-0.2, -0.15) is 0 Å². The molecule has 0 unspecified atom stereocenters. The first-order valence-electron chi connectivity index (χ1n) is 9.07. The third kappa shape index (κ3) is 3.65. The summed E-state index contributed by atoms with van der Waals surface area (Å²) in [7, 11) is 0. The van der Waals surface area contributed by atoms with Crippen LogP contribution in [0.4, 0.5) is 5.69 Å². The molecule has 2 N–H and O–H groups in total. The molecule has 1 fully saturated rings. The van der Waals surface area contributed by atoms with Gasteiger partial charge in [0.05, 0.1) is 30.0 Å². The van der Waals surface area contributed by atoms with Gasteiger partial charge in [0.2, 0.25) is 0 Å². The highest BCUT2D eigenvalue weighted by Crippen LogP contribution is 2.32. The van der Waals surface area contributed by atoms with Crippen molar-refractivity contribution in [3.8, 4) is 0 Å². The Morgan fingerprint density at radius 3 is 2.89 bits per heavy atom. The van der Waals surface area contributed by atoms with Crippen LogP contribution in [0.1, 0.15) is 18.5 Å². The average molecular weight is 405 g/mol. The molecule has 4 rings (SSSR count). The number of hydrogen-bond donors (Lipinski definition) is 2. The van der Waals surface area contributed by atoms with Crippen molar-refractivity contribution >= 4 is 39.9 Å². The van der Waals surface area contributed by atoms with Crippen LogP contribution in [0.25, 0.3) is 11.0 Å². The first kappa shape index (κ1) is 18.6. The van der Waals surface area contributed by atoms with Crippen molar-refractivity contribution < 1.29 is 5.11 Å². The van der Waals surface area contributed by atoms with E-state index < -0.39 is 0 Å². The van der Waals surface area contributed by atoms with E-state index in [1.807, 2.05) is 24.5 Å². The van der Waals surface area contributed by atoms with E-state index in [2.05, 4.69) is 38.8 Å². The predicted molar refractivity (Wildman–Crippen MR) is 111 cm³/mol. The molecule has 0 amide bonds. The van der Waals surface area contributed by atoms with Gasteiger partial charge in [-0.3, -0.25) is 0 Å². The molecule has 5 nitrogen and oxygen atoms in total. The molecular weight excluding hydrogens is 383 g/mol. The molecule has 0 spiro atoms. The summed E-state index contributed by atoms with van der Waals surface area (Å²) < 4.78 is 2.14. The number of halogens is 2. The van der Waals surface area contributed by atoms with Crippen LogP contribution in [0, 0.1) is 0 Å². The van der Waals surface area contributed by atoms with Gasteiger partial charge in [-0.25, -0.2) is 4.98 Å². The molecule has 0 radical (unpaired) electrons. The molecule has 2 heterocycles. The zero-order valence-corrected chi connectivity index (χ0v) is 16.6. The normalized spacial score (nSPS) is 18.8. The van der Waals surface area contributed by atoms with Crippen molar-refractivity contribution in [2.75, 3.05) is 31.1 Å². The maximum absolute atomic E-state index is 9.46. The number of aliphatic hydroxyl groups excluding tert-OH is 1. The van der Waals surface area contributed by atoms with Crippen LogP contribution in [0.5, 0.6) is 0 Å². The van der Waals surface area contributed by atoms with Gasteiger partial charge in [0.1, 0.15) is 0 Å². The summed E-state index contributed by atoms with van der Waals surface area (Å²) in [5.74, 6) is 0. The van der Waals surface area contributed by atoms with E-state index in [1.54, 1.807) is 6.07 Å². The van der Waals surface area contributed by atoms with Crippen LogP contribution in [0.3, 0.4) is 0 Å². The number of hydrogen-bond acceptors (Lipinski definition) is 4.